The zero-order chi connectivity index (χ0) is 10.7. The second-order valence-electron chi connectivity index (χ2n) is 3.01. The van der Waals surface area contributed by atoms with Crippen LogP contribution in [0.1, 0.15) is 35.3 Å². The second-order valence-corrected chi connectivity index (χ2v) is 3.01. The molecule has 0 heterocycles. The van der Waals surface area contributed by atoms with Gasteiger partial charge < -0.3 is 5.11 Å². The van der Waals surface area contributed by atoms with E-state index in [0.717, 1.165) is 0 Å². The number of carbonyl (C=O) groups is 1. The molecular formula is C11H11NO2. The number of benzene rings is 1. The van der Waals surface area contributed by atoms with Crippen LogP contribution < -0.4 is 0 Å². The van der Waals surface area contributed by atoms with E-state index in [1.165, 1.54) is 13.0 Å². The summed E-state index contributed by atoms with van der Waals surface area (Å²) < 4.78 is 0. The molecule has 1 N–H and O–H groups in total. The van der Waals surface area contributed by atoms with Crippen LogP contribution in [-0.4, -0.2) is 10.9 Å². The molecule has 0 amide bonds. The fourth-order valence-corrected chi connectivity index (χ4v) is 1.38. The highest BCUT2D eigenvalue weighted by atomic mass is 16.3. The van der Waals surface area contributed by atoms with Crippen LogP contribution >= 0.6 is 0 Å². The van der Waals surface area contributed by atoms with E-state index in [2.05, 4.69) is 0 Å². The van der Waals surface area contributed by atoms with E-state index in [-0.39, 0.29) is 17.1 Å². The Morgan fingerprint density at radius 3 is 2.64 bits per heavy atom. The molecule has 0 aliphatic rings. The standard InChI is InChI=1S/C11H11NO2/c1-3-9-8(6-12)4-5-10(7(2)13)11(9)14/h4-5,14H,3H2,1-2H3. The van der Waals surface area contributed by atoms with E-state index < -0.39 is 0 Å². The van der Waals surface area contributed by atoms with Crippen LogP contribution in [0.25, 0.3) is 0 Å². The summed E-state index contributed by atoms with van der Waals surface area (Å²) in [4.78, 5) is 11.1. The van der Waals surface area contributed by atoms with Gasteiger partial charge in [0.2, 0.25) is 0 Å². The van der Waals surface area contributed by atoms with Crippen molar-refractivity contribution in [3.05, 3.63) is 28.8 Å². The number of phenols is 1. The Bertz CT molecular complexity index is 416. The van der Waals surface area contributed by atoms with Crippen LogP contribution in [0.5, 0.6) is 5.75 Å². The Kier molecular flexibility index (Phi) is 2.88. The summed E-state index contributed by atoms with van der Waals surface area (Å²) in [7, 11) is 0. The number of aromatic hydroxyl groups is 1. The van der Waals surface area contributed by atoms with Crippen LogP contribution in [0.2, 0.25) is 0 Å². The van der Waals surface area contributed by atoms with Gasteiger partial charge in [-0.25, -0.2) is 0 Å². The van der Waals surface area contributed by atoms with Crippen molar-refractivity contribution in [3.8, 4) is 11.8 Å². The number of Topliss-reactive ketones (excluding diaryl/α,β-unsaturated/α-hetero) is 1. The summed E-state index contributed by atoms with van der Waals surface area (Å²) in [6, 6.07) is 5.03. The van der Waals surface area contributed by atoms with Gasteiger partial charge in [-0.2, -0.15) is 5.26 Å². The average molecular weight is 189 g/mol. The van der Waals surface area contributed by atoms with Crippen LogP contribution in [0.3, 0.4) is 0 Å². The first-order valence-electron chi connectivity index (χ1n) is 4.37. The summed E-state index contributed by atoms with van der Waals surface area (Å²) in [5.41, 5.74) is 1.25. The van der Waals surface area contributed by atoms with Crippen LogP contribution in [-0.2, 0) is 6.42 Å². The Morgan fingerprint density at radius 1 is 1.57 bits per heavy atom. The summed E-state index contributed by atoms with van der Waals surface area (Å²) in [5.74, 6) is -0.249. The first-order valence-corrected chi connectivity index (χ1v) is 4.37. The van der Waals surface area contributed by atoms with Crippen molar-refractivity contribution in [1.82, 2.24) is 0 Å². The number of nitriles is 1. The van der Waals surface area contributed by atoms with E-state index in [4.69, 9.17) is 5.26 Å². The summed E-state index contributed by atoms with van der Waals surface area (Å²) >= 11 is 0. The minimum Gasteiger partial charge on any atom is -0.507 e. The molecule has 14 heavy (non-hydrogen) atoms. The second kappa shape index (κ2) is 3.93. The third-order valence-corrected chi connectivity index (χ3v) is 2.14. The summed E-state index contributed by atoms with van der Waals surface area (Å²) in [6.45, 7) is 3.22. The predicted octanol–water partition coefficient (Wildman–Crippen LogP) is 2.03. The van der Waals surface area contributed by atoms with Crippen molar-refractivity contribution >= 4 is 5.78 Å². The molecule has 72 valence electrons. The fourth-order valence-electron chi connectivity index (χ4n) is 1.38. The van der Waals surface area contributed by atoms with E-state index in [1.807, 2.05) is 13.0 Å². The molecule has 3 heteroatoms. The Hall–Kier alpha value is -1.82. The Labute approximate surface area is 82.6 Å². The minimum absolute atomic E-state index is 0.0564. The highest BCUT2D eigenvalue weighted by Crippen LogP contribution is 2.26. The maximum Gasteiger partial charge on any atom is 0.163 e. The van der Waals surface area contributed by atoms with Crippen molar-refractivity contribution in [2.24, 2.45) is 0 Å². The highest BCUT2D eigenvalue weighted by molar-refractivity contribution is 5.97. The number of hydrogen-bond donors (Lipinski definition) is 1. The fraction of sp³-hybridized carbons (Fsp3) is 0.273. The molecule has 0 fully saturated rings. The first kappa shape index (κ1) is 10.3. The van der Waals surface area contributed by atoms with Crippen molar-refractivity contribution in [2.45, 2.75) is 20.3 Å². The lowest BCUT2D eigenvalue weighted by molar-refractivity contribution is 0.101. The van der Waals surface area contributed by atoms with Gasteiger partial charge in [-0.1, -0.05) is 6.92 Å². The number of rotatable bonds is 2. The number of nitrogens with zero attached hydrogens (tertiary/aromatic N) is 1. The number of phenolic OH excluding ortho intramolecular Hbond substituents is 1. The van der Waals surface area contributed by atoms with Gasteiger partial charge in [0, 0.05) is 5.56 Å². The zero-order valence-electron chi connectivity index (χ0n) is 8.16. The van der Waals surface area contributed by atoms with Crippen LogP contribution in [0.4, 0.5) is 0 Å². The normalized spacial score (nSPS) is 9.50. The van der Waals surface area contributed by atoms with Crippen LogP contribution in [0, 0.1) is 11.3 Å². The van der Waals surface area contributed by atoms with E-state index in [1.54, 1.807) is 6.07 Å². The van der Waals surface area contributed by atoms with Crippen molar-refractivity contribution in [3.63, 3.8) is 0 Å². The molecule has 0 aromatic heterocycles. The Balaban J connectivity index is 3.44. The molecule has 3 nitrogen and oxygen atoms in total. The predicted molar refractivity (Wildman–Crippen MR) is 52.2 cm³/mol. The smallest absolute Gasteiger partial charge is 0.163 e. The van der Waals surface area contributed by atoms with Gasteiger partial charge >= 0.3 is 0 Å². The molecule has 0 aliphatic carbocycles. The third-order valence-electron chi connectivity index (χ3n) is 2.14. The van der Waals surface area contributed by atoms with Gasteiger partial charge in [0.15, 0.2) is 5.78 Å². The van der Waals surface area contributed by atoms with Gasteiger partial charge in [-0.3, -0.25) is 4.79 Å². The molecule has 1 aromatic carbocycles. The summed E-state index contributed by atoms with van der Waals surface area (Å²) in [5, 5.41) is 18.5. The van der Waals surface area contributed by atoms with Crippen molar-refractivity contribution in [1.29, 1.82) is 5.26 Å². The lowest BCUT2D eigenvalue weighted by Gasteiger charge is -2.07. The lowest BCUT2D eigenvalue weighted by Crippen LogP contribution is -1.98. The summed E-state index contributed by atoms with van der Waals surface area (Å²) in [6.07, 6.45) is 0.538. The SMILES string of the molecule is CCc1c(C#N)ccc(C(C)=O)c1O. The molecule has 0 spiro atoms. The maximum atomic E-state index is 11.1. The molecular weight excluding hydrogens is 178 g/mol. The third kappa shape index (κ3) is 1.60. The molecule has 0 saturated carbocycles. The first-order chi connectivity index (χ1) is 6.61. The van der Waals surface area contributed by atoms with E-state index in [0.29, 0.717) is 17.5 Å². The van der Waals surface area contributed by atoms with Gasteiger partial charge in [0.05, 0.1) is 17.2 Å². The van der Waals surface area contributed by atoms with Crippen LogP contribution in [0.15, 0.2) is 12.1 Å². The number of ketones is 1. The van der Waals surface area contributed by atoms with Gasteiger partial charge in [-0.15, -0.1) is 0 Å². The topological polar surface area (TPSA) is 61.1 Å². The molecule has 0 bridgehead atoms. The van der Waals surface area contributed by atoms with Crippen molar-refractivity contribution < 1.29 is 9.90 Å². The molecule has 1 aromatic rings. The molecule has 0 saturated heterocycles. The van der Waals surface area contributed by atoms with Gasteiger partial charge in [0.25, 0.3) is 0 Å². The molecule has 0 aliphatic heterocycles. The van der Waals surface area contributed by atoms with E-state index in [9.17, 15) is 9.90 Å². The highest BCUT2D eigenvalue weighted by Gasteiger charge is 2.13. The number of hydrogen-bond acceptors (Lipinski definition) is 3. The molecule has 0 unspecified atom stereocenters. The monoisotopic (exact) mass is 189 g/mol. The average Bonchev–Trinajstić information content (AvgIpc) is 2.16. The quantitative estimate of drug-likeness (QED) is 0.724. The zero-order valence-corrected chi connectivity index (χ0v) is 8.16. The molecule has 1 rings (SSSR count). The largest absolute Gasteiger partial charge is 0.507 e. The molecule has 0 atom stereocenters. The Morgan fingerprint density at radius 2 is 2.21 bits per heavy atom. The lowest BCUT2D eigenvalue weighted by atomic mass is 9.99. The minimum atomic E-state index is -0.193. The number of carbonyl (C=O) groups excluding carboxylic acids is 1. The van der Waals surface area contributed by atoms with E-state index >= 15 is 0 Å². The van der Waals surface area contributed by atoms with Crippen molar-refractivity contribution in [2.75, 3.05) is 0 Å². The molecule has 0 radical (unpaired) electrons. The maximum absolute atomic E-state index is 11.1. The van der Waals surface area contributed by atoms with Gasteiger partial charge in [-0.05, 0) is 25.5 Å². The van der Waals surface area contributed by atoms with Gasteiger partial charge in [0.1, 0.15) is 5.75 Å².